The van der Waals surface area contributed by atoms with Crippen LogP contribution in [0.5, 0.6) is 0 Å². The van der Waals surface area contributed by atoms with Crippen molar-refractivity contribution < 1.29 is 19.3 Å². The van der Waals surface area contributed by atoms with Crippen molar-refractivity contribution in [3.05, 3.63) is 42.1 Å². The average molecular weight is 351 g/mol. The molecule has 1 aromatic carbocycles. The molecule has 0 N–H and O–H groups in total. The molecule has 0 heterocycles. The van der Waals surface area contributed by atoms with E-state index in [9.17, 15) is 4.79 Å². The van der Waals surface area contributed by atoms with Gasteiger partial charge in [-0.05, 0) is 18.6 Å². The van der Waals surface area contributed by atoms with Crippen LogP contribution in [0.2, 0.25) is 12.1 Å². The third-order valence-corrected chi connectivity index (χ3v) is 9.22. The molecule has 0 amide bonds. The summed E-state index contributed by atoms with van der Waals surface area (Å²) in [6, 6.07) is 9.86. The minimum atomic E-state index is -1.63. The van der Waals surface area contributed by atoms with E-state index in [1.807, 2.05) is 12.1 Å². The van der Waals surface area contributed by atoms with E-state index in [-0.39, 0.29) is 6.61 Å². The molecule has 0 aliphatic heterocycles. The van der Waals surface area contributed by atoms with Crippen molar-refractivity contribution in [1.29, 1.82) is 0 Å². The molecule has 0 aliphatic carbocycles. The zero-order chi connectivity index (χ0) is 17.8. The Morgan fingerprint density at radius 2 is 1.75 bits per heavy atom. The summed E-state index contributed by atoms with van der Waals surface area (Å²) < 4.78 is 5.33. The summed E-state index contributed by atoms with van der Waals surface area (Å²) >= 11 is 0. The summed E-state index contributed by atoms with van der Waals surface area (Å²) in [5, 5.41) is 1.30. The van der Waals surface area contributed by atoms with Gasteiger partial charge in [0.05, 0.1) is 12.2 Å². The van der Waals surface area contributed by atoms with Crippen LogP contribution in [0.25, 0.3) is 0 Å². The van der Waals surface area contributed by atoms with Crippen molar-refractivity contribution in [3.63, 3.8) is 0 Å². The predicted molar refractivity (Wildman–Crippen MR) is 100 cm³/mol. The summed E-state index contributed by atoms with van der Waals surface area (Å²) in [5.41, 5.74) is 2.62. The maximum atomic E-state index is 12.0. The van der Waals surface area contributed by atoms with E-state index in [1.165, 1.54) is 5.19 Å². The van der Waals surface area contributed by atoms with E-state index in [0.29, 0.717) is 18.8 Å². The van der Waals surface area contributed by atoms with Gasteiger partial charge in [0, 0.05) is 6.61 Å². The molecule has 0 spiro atoms. The molecule has 4 nitrogen and oxygen atoms in total. The molecule has 1 aromatic rings. The SMILES string of the molecule is C=C[Si](CC)(CC)c1ccc(C(=O)OOCCOCCCC)cc1. The van der Waals surface area contributed by atoms with E-state index in [0.717, 1.165) is 24.9 Å². The Balaban J connectivity index is 2.48. The van der Waals surface area contributed by atoms with Gasteiger partial charge in [0.25, 0.3) is 0 Å². The Hall–Kier alpha value is -1.43. The van der Waals surface area contributed by atoms with Crippen LogP contribution in [-0.2, 0) is 14.5 Å². The van der Waals surface area contributed by atoms with E-state index >= 15 is 0 Å². The molecule has 0 unspecified atom stereocenters. The topological polar surface area (TPSA) is 44.8 Å². The molecule has 0 aromatic heterocycles. The van der Waals surface area contributed by atoms with Gasteiger partial charge in [0.2, 0.25) is 0 Å². The highest BCUT2D eigenvalue weighted by atomic mass is 28.3. The van der Waals surface area contributed by atoms with Crippen molar-refractivity contribution in [2.75, 3.05) is 19.8 Å². The average Bonchev–Trinajstić information content (AvgIpc) is 2.63. The van der Waals surface area contributed by atoms with Crippen LogP contribution < -0.4 is 5.19 Å². The highest BCUT2D eigenvalue weighted by Gasteiger charge is 2.27. The number of hydrogen-bond acceptors (Lipinski definition) is 4. The van der Waals surface area contributed by atoms with Crippen LogP contribution in [0.15, 0.2) is 36.5 Å². The first-order valence-corrected chi connectivity index (χ1v) is 11.3. The molecule has 0 fully saturated rings. The number of carbonyl (C=O) groups is 1. The Morgan fingerprint density at radius 3 is 2.29 bits per heavy atom. The van der Waals surface area contributed by atoms with Gasteiger partial charge in [-0.15, -0.1) is 6.58 Å². The largest absolute Gasteiger partial charge is 0.379 e. The standard InChI is InChI=1S/C19H30O4Si/c1-5-9-14-21-15-16-22-23-19(20)17-10-12-18(13-11-17)24(6-2,7-3)8-4/h6,10-13H,2,5,7-9,14-16H2,1,3-4H3. The highest BCUT2D eigenvalue weighted by molar-refractivity contribution is 6.95. The van der Waals surface area contributed by atoms with Crippen LogP contribution >= 0.6 is 0 Å². The quantitative estimate of drug-likeness (QED) is 0.247. The third kappa shape index (κ3) is 5.89. The summed E-state index contributed by atoms with van der Waals surface area (Å²) in [5.74, 6) is -0.478. The number of unbranched alkanes of at least 4 members (excludes halogenated alkanes) is 1. The van der Waals surface area contributed by atoms with Crippen LogP contribution in [-0.4, -0.2) is 33.9 Å². The van der Waals surface area contributed by atoms with E-state index < -0.39 is 14.0 Å². The van der Waals surface area contributed by atoms with Gasteiger partial charge >= 0.3 is 5.97 Å². The van der Waals surface area contributed by atoms with Crippen molar-refractivity contribution in [2.24, 2.45) is 0 Å². The maximum absolute atomic E-state index is 12.0. The number of carbonyl (C=O) groups excluding carboxylic acids is 1. The van der Waals surface area contributed by atoms with Gasteiger partial charge in [0.15, 0.2) is 0 Å². The fourth-order valence-electron chi connectivity index (χ4n) is 2.59. The fraction of sp³-hybridized carbons (Fsp3) is 0.526. The first kappa shape index (κ1) is 20.6. The molecule has 0 bridgehead atoms. The van der Waals surface area contributed by atoms with Crippen LogP contribution in [0.4, 0.5) is 0 Å². The molecular formula is C19H30O4Si. The summed E-state index contributed by atoms with van der Waals surface area (Å²) in [7, 11) is -1.63. The lowest BCUT2D eigenvalue weighted by atomic mass is 10.2. The Bertz CT molecular complexity index is 495. The lowest BCUT2D eigenvalue weighted by Crippen LogP contribution is -2.44. The van der Waals surface area contributed by atoms with Gasteiger partial charge in [0.1, 0.15) is 14.7 Å². The molecule has 0 aliphatic rings. The Labute approximate surface area is 146 Å². The third-order valence-electron chi connectivity index (χ3n) is 4.44. The van der Waals surface area contributed by atoms with E-state index in [1.54, 1.807) is 12.1 Å². The van der Waals surface area contributed by atoms with Gasteiger partial charge in [-0.2, -0.15) is 4.89 Å². The molecule has 0 saturated heterocycles. The van der Waals surface area contributed by atoms with Crippen LogP contribution in [0, 0.1) is 0 Å². The molecule has 24 heavy (non-hydrogen) atoms. The zero-order valence-corrected chi connectivity index (χ0v) is 16.2. The zero-order valence-electron chi connectivity index (χ0n) is 15.2. The van der Waals surface area contributed by atoms with Crippen molar-refractivity contribution >= 4 is 19.2 Å². The lowest BCUT2D eigenvalue weighted by Gasteiger charge is -2.25. The van der Waals surface area contributed by atoms with Crippen molar-refractivity contribution in [3.8, 4) is 0 Å². The molecule has 1 rings (SSSR count). The monoisotopic (exact) mass is 350 g/mol. The minimum absolute atomic E-state index is 0.242. The van der Waals surface area contributed by atoms with E-state index in [2.05, 4.69) is 33.0 Å². The first-order chi connectivity index (χ1) is 11.6. The van der Waals surface area contributed by atoms with Gasteiger partial charge in [-0.1, -0.05) is 62.3 Å². The molecule has 5 heteroatoms. The molecule has 0 saturated carbocycles. The summed E-state index contributed by atoms with van der Waals surface area (Å²) in [4.78, 5) is 21.7. The van der Waals surface area contributed by atoms with E-state index in [4.69, 9.17) is 14.5 Å². The fourth-order valence-corrected chi connectivity index (χ4v) is 5.55. The second kappa shape index (κ2) is 11.2. The highest BCUT2D eigenvalue weighted by Crippen LogP contribution is 2.17. The predicted octanol–water partition coefficient (Wildman–Crippen LogP) is 4.01. The second-order valence-electron chi connectivity index (χ2n) is 5.80. The number of hydrogen-bond donors (Lipinski definition) is 0. The Morgan fingerprint density at radius 1 is 1.08 bits per heavy atom. The molecule has 134 valence electrons. The maximum Gasteiger partial charge on any atom is 0.373 e. The smallest absolute Gasteiger partial charge is 0.373 e. The van der Waals surface area contributed by atoms with Gasteiger partial charge in [-0.3, -0.25) is 4.89 Å². The van der Waals surface area contributed by atoms with Crippen LogP contribution in [0.1, 0.15) is 44.0 Å². The molecule has 0 radical (unpaired) electrons. The molecular weight excluding hydrogens is 320 g/mol. The van der Waals surface area contributed by atoms with Crippen molar-refractivity contribution in [2.45, 2.75) is 45.7 Å². The normalized spacial score (nSPS) is 11.3. The Kier molecular flexibility index (Phi) is 9.60. The molecule has 0 atom stereocenters. The lowest BCUT2D eigenvalue weighted by molar-refractivity contribution is -0.247. The second-order valence-corrected chi connectivity index (χ2v) is 10.5. The van der Waals surface area contributed by atoms with Gasteiger partial charge in [-0.25, -0.2) is 4.79 Å². The summed E-state index contributed by atoms with van der Waals surface area (Å²) in [6.07, 6.45) is 2.12. The number of benzene rings is 1. The number of ether oxygens (including phenoxy) is 1. The number of rotatable bonds is 12. The summed E-state index contributed by atoms with van der Waals surface area (Å²) in [6.45, 7) is 11.9. The van der Waals surface area contributed by atoms with Gasteiger partial charge < -0.3 is 4.74 Å². The van der Waals surface area contributed by atoms with Crippen molar-refractivity contribution in [1.82, 2.24) is 0 Å². The minimum Gasteiger partial charge on any atom is -0.379 e. The first-order valence-electron chi connectivity index (χ1n) is 8.79. The van der Waals surface area contributed by atoms with Crippen LogP contribution in [0.3, 0.4) is 0 Å².